The van der Waals surface area contributed by atoms with Crippen molar-refractivity contribution in [3.8, 4) is 0 Å². The van der Waals surface area contributed by atoms with Gasteiger partial charge in [-0.3, -0.25) is 24.1 Å². The number of rotatable bonds is 46. The third-order valence-electron chi connectivity index (χ3n) is 7.43. The van der Waals surface area contributed by atoms with Crippen LogP contribution in [0.3, 0.4) is 0 Å². The summed E-state index contributed by atoms with van der Waals surface area (Å²) in [5, 5.41) is 39.3. The fraction of sp³-hybridized carbons (Fsp3) is 0.581. The zero-order valence-corrected chi connectivity index (χ0v) is 40.0. The van der Waals surface area contributed by atoms with Gasteiger partial charge in [-0.25, -0.2) is 28.8 Å². The molecule has 31 nitrogen and oxygen atoms in total. The molecule has 0 spiro atoms. The molecule has 0 rings (SSSR count). The number of carbonyl (C=O) groups excluding carboxylic acids is 10. The lowest BCUT2D eigenvalue weighted by atomic mass is 10.1. The minimum Gasteiger partial charge on any atom is -0.463 e. The van der Waals surface area contributed by atoms with E-state index in [4.69, 9.17) is 86.7 Å². The van der Waals surface area contributed by atoms with Gasteiger partial charge in [0.25, 0.3) is 0 Å². The summed E-state index contributed by atoms with van der Waals surface area (Å²) in [5.41, 5.74) is -1.78. The highest BCUT2D eigenvalue weighted by Crippen LogP contribution is 2.11. The summed E-state index contributed by atoms with van der Waals surface area (Å²) in [6, 6.07) is 0. The molecule has 74 heavy (non-hydrogen) atoms. The van der Waals surface area contributed by atoms with E-state index in [0.29, 0.717) is 18.2 Å². The number of aliphatic hydroxyl groups is 4. The molecular weight excluding hydrogens is 1010 g/mol. The molecule has 0 saturated carbocycles. The van der Waals surface area contributed by atoms with Gasteiger partial charge in [-0.1, -0.05) is 6.58 Å². The molecule has 0 aliphatic rings. The Morgan fingerprint density at radius 1 is 0.365 bits per heavy atom. The zero-order chi connectivity index (χ0) is 55.0. The molecule has 0 atom stereocenters. The fourth-order valence-electron chi connectivity index (χ4n) is 4.34. The van der Waals surface area contributed by atoms with Crippen LogP contribution in [-0.2, 0) is 129 Å². The molecule has 4 N–H and O–H groups in total. The lowest BCUT2D eigenvalue weighted by Crippen LogP contribution is -2.20. The maximum absolute atomic E-state index is 12.9. The van der Waals surface area contributed by atoms with Gasteiger partial charge < -0.3 is 86.7 Å². The Balaban J connectivity index is 5.58. The van der Waals surface area contributed by atoms with Gasteiger partial charge in [0.2, 0.25) is 6.79 Å². The van der Waals surface area contributed by atoms with Gasteiger partial charge in [-0.05, 0) is 11.1 Å². The van der Waals surface area contributed by atoms with Crippen LogP contribution in [0.1, 0.15) is 19.3 Å². The summed E-state index contributed by atoms with van der Waals surface area (Å²) in [7, 11) is 0. The smallest absolute Gasteiger partial charge is 0.369 e. The topological polar surface area (TPSA) is 409 Å². The van der Waals surface area contributed by atoms with Gasteiger partial charge in [0.15, 0.2) is 19.4 Å². The Morgan fingerprint density at radius 2 is 0.770 bits per heavy atom. The van der Waals surface area contributed by atoms with Crippen LogP contribution < -0.4 is 0 Å². The monoisotopic (exact) mass is 1070 g/mol. The highest BCUT2D eigenvalue weighted by molar-refractivity contribution is 6.03. The van der Waals surface area contributed by atoms with Crippen LogP contribution in [0, 0.1) is 0 Å². The van der Waals surface area contributed by atoms with E-state index in [9.17, 15) is 47.9 Å². The van der Waals surface area contributed by atoms with Crippen LogP contribution in [-0.4, -0.2) is 226 Å². The van der Waals surface area contributed by atoms with E-state index in [1.54, 1.807) is 0 Å². The van der Waals surface area contributed by atoms with Crippen molar-refractivity contribution in [2.75, 3.05) is 146 Å². The Morgan fingerprint density at radius 3 is 1.26 bits per heavy atom. The van der Waals surface area contributed by atoms with Crippen molar-refractivity contribution in [3.63, 3.8) is 0 Å². The van der Waals surface area contributed by atoms with Crippen LogP contribution >= 0.6 is 0 Å². The van der Waals surface area contributed by atoms with E-state index in [-0.39, 0.29) is 119 Å². The maximum Gasteiger partial charge on any atom is 0.369 e. The van der Waals surface area contributed by atoms with E-state index in [1.165, 1.54) is 0 Å². The van der Waals surface area contributed by atoms with E-state index in [2.05, 4.69) is 21.4 Å². The van der Waals surface area contributed by atoms with E-state index >= 15 is 0 Å². The standard InChI is InChI=1S/C43H60O31/c1-2-35(49)64-18-15-62-27-34(48)21-31(43(57)71-29-63-28-69-38(52)25-32(41(55)67-19-13-60-9-5-46)23-36(50)65-16-11-58-7-3-44)22-39(53)70-30-72-74-73-40(54)26-33(42(56)68-20-14-61-10-6-47)24-37(51)66-17-12-59-8-4-45/h2,21,25-26,44-47H,1,3-20,22-24,27-30H2/b31-21-,32-25-,33-26-. The van der Waals surface area contributed by atoms with Gasteiger partial charge in [-0.2, -0.15) is 4.89 Å². The van der Waals surface area contributed by atoms with Gasteiger partial charge in [0.1, 0.15) is 39.6 Å². The van der Waals surface area contributed by atoms with Crippen LogP contribution in [0.15, 0.2) is 47.6 Å². The second-order valence-corrected chi connectivity index (χ2v) is 13.0. The Hall–Kier alpha value is -6.62. The molecule has 0 aromatic rings. The summed E-state index contributed by atoms with van der Waals surface area (Å²) in [6.07, 6.45) is 0.0203. The van der Waals surface area contributed by atoms with Gasteiger partial charge >= 0.3 is 53.7 Å². The first-order chi connectivity index (χ1) is 35.7. The molecule has 0 amide bonds. The normalized spacial score (nSPS) is 11.4. The number of ketones is 1. The molecule has 0 radical (unpaired) electrons. The summed E-state index contributed by atoms with van der Waals surface area (Å²) < 4.78 is 68.8. The second-order valence-electron chi connectivity index (χ2n) is 13.0. The molecule has 0 saturated heterocycles. The molecule has 0 aliphatic heterocycles. The Labute approximate surface area is 421 Å². The van der Waals surface area contributed by atoms with Crippen LogP contribution in [0.2, 0.25) is 0 Å². The SMILES string of the molecule is C=CC(=O)OCCOCC(=O)/C=C(/CC(=O)OCOOOC(=O)/C=C(/CC(=O)OCCOCCO)C(=O)OCCOCCO)C(=O)OCOCOC(=O)/C=C(/CC(=O)OCCOCCO)C(=O)OCCOCCO. The molecule has 418 valence electrons. The first-order valence-corrected chi connectivity index (χ1v) is 21.7. The summed E-state index contributed by atoms with van der Waals surface area (Å²) in [5.74, 6) is -11.3. The third kappa shape index (κ3) is 39.0. The second kappa shape index (κ2) is 46.2. The van der Waals surface area contributed by atoms with Gasteiger partial charge in [0, 0.05) is 18.2 Å². The first-order valence-electron chi connectivity index (χ1n) is 21.7. The molecule has 31 heteroatoms. The minimum atomic E-state index is -1.45. The van der Waals surface area contributed by atoms with Crippen molar-refractivity contribution >= 4 is 59.5 Å². The number of hydrogen-bond donors (Lipinski definition) is 4. The first kappa shape index (κ1) is 67.4. The quantitative estimate of drug-likeness (QED) is 0.00870. The lowest BCUT2D eigenvalue weighted by Gasteiger charge is -2.11. The van der Waals surface area contributed by atoms with Crippen molar-refractivity contribution < 1.29 is 150 Å². The molecule has 0 aromatic carbocycles. The molecular formula is C43H60O31. The van der Waals surface area contributed by atoms with Crippen molar-refractivity contribution in [1.29, 1.82) is 0 Å². The zero-order valence-electron chi connectivity index (χ0n) is 40.0. The van der Waals surface area contributed by atoms with Crippen LogP contribution in [0.4, 0.5) is 0 Å². The number of esters is 8. The van der Waals surface area contributed by atoms with Crippen LogP contribution in [0.25, 0.3) is 0 Å². The van der Waals surface area contributed by atoms with Crippen molar-refractivity contribution in [2.24, 2.45) is 0 Å². The highest BCUT2D eigenvalue weighted by atomic mass is 17.5. The molecule has 0 aliphatic carbocycles. The number of hydrogen-bond acceptors (Lipinski definition) is 31. The molecule has 0 fully saturated rings. The lowest BCUT2D eigenvalue weighted by molar-refractivity contribution is -0.499. The average Bonchev–Trinajstić information content (AvgIpc) is 3.37. The molecule has 0 heterocycles. The van der Waals surface area contributed by atoms with E-state index < -0.39 is 122 Å². The summed E-state index contributed by atoms with van der Waals surface area (Å²) in [6.45, 7) is -4.03. The van der Waals surface area contributed by atoms with Crippen molar-refractivity contribution in [2.45, 2.75) is 19.3 Å². The van der Waals surface area contributed by atoms with E-state index in [0.717, 1.165) is 6.08 Å². The number of ether oxygens (including phenoxy) is 14. The molecule has 0 unspecified atom stereocenters. The van der Waals surface area contributed by atoms with Crippen molar-refractivity contribution in [3.05, 3.63) is 47.6 Å². The largest absolute Gasteiger partial charge is 0.463 e. The molecule has 0 aromatic heterocycles. The Bertz CT molecular complexity index is 1820. The van der Waals surface area contributed by atoms with Crippen LogP contribution in [0.5, 0.6) is 0 Å². The van der Waals surface area contributed by atoms with Gasteiger partial charge in [0.05, 0.1) is 122 Å². The minimum absolute atomic E-state index is 0.0203. The summed E-state index contributed by atoms with van der Waals surface area (Å²) in [4.78, 5) is 133. The average molecular weight is 1070 g/mol. The third-order valence-corrected chi connectivity index (χ3v) is 7.43. The molecule has 0 bridgehead atoms. The van der Waals surface area contributed by atoms with E-state index in [1.807, 2.05) is 0 Å². The highest BCUT2D eigenvalue weighted by Gasteiger charge is 2.22. The number of aliphatic hydroxyl groups excluding tert-OH is 4. The fourth-order valence-corrected chi connectivity index (χ4v) is 4.34. The van der Waals surface area contributed by atoms with Crippen molar-refractivity contribution in [1.82, 2.24) is 0 Å². The summed E-state index contributed by atoms with van der Waals surface area (Å²) >= 11 is 0. The number of carbonyl (C=O) groups is 10. The predicted molar refractivity (Wildman–Crippen MR) is 233 cm³/mol. The van der Waals surface area contributed by atoms with Gasteiger partial charge in [-0.15, -0.1) is 0 Å². The predicted octanol–water partition coefficient (Wildman–Crippen LogP) is -3.62. The Kier molecular flexibility index (Phi) is 42.1. The maximum atomic E-state index is 12.9.